The smallest absolute Gasteiger partial charge is 0.237 e. The number of nitrogens with zero attached hydrogens (tertiary/aromatic N) is 1. The SMILES string of the molecule is O=C(CC[C@@H]1CNC(=O)[C@@H]2C[C@H](NCc3ccccc3)CN12)NCc1ccc(F)cc1. The Morgan fingerprint density at radius 3 is 2.58 bits per heavy atom. The van der Waals surface area contributed by atoms with Crippen LogP contribution in [-0.2, 0) is 22.7 Å². The van der Waals surface area contributed by atoms with Crippen molar-refractivity contribution in [2.24, 2.45) is 0 Å². The van der Waals surface area contributed by atoms with E-state index < -0.39 is 0 Å². The van der Waals surface area contributed by atoms with Gasteiger partial charge < -0.3 is 16.0 Å². The Balaban J connectivity index is 1.25. The van der Waals surface area contributed by atoms with Gasteiger partial charge in [0.15, 0.2) is 0 Å². The first-order chi connectivity index (χ1) is 15.1. The van der Waals surface area contributed by atoms with Gasteiger partial charge in [-0.3, -0.25) is 14.5 Å². The van der Waals surface area contributed by atoms with Crippen molar-refractivity contribution in [3.8, 4) is 0 Å². The van der Waals surface area contributed by atoms with Gasteiger partial charge in [-0.15, -0.1) is 0 Å². The largest absolute Gasteiger partial charge is 0.353 e. The molecule has 0 unspecified atom stereocenters. The molecule has 164 valence electrons. The maximum atomic E-state index is 13.0. The summed E-state index contributed by atoms with van der Waals surface area (Å²) < 4.78 is 13.0. The molecule has 0 aromatic heterocycles. The Hall–Kier alpha value is -2.77. The molecule has 2 saturated heterocycles. The second kappa shape index (κ2) is 10.0. The molecule has 0 bridgehead atoms. The average Bonchev–Trinajstić information content (AvgIpc) is 3.23. The lowest BCUT2D eigenvalue weighted by molar-refractivity contribution is -0.129. The minimum Gasteiger partial charge on any atom is -0.353 e. The summed E-state index contributed by atoms with van der Waals surface area (Å²) in [5.41, 5.74) is 2.10. The molecule has 2 heterocycles. The summed E-state index contributed by atoms with van der Waals surface area (Å²) >= 11 is 0. The van der Waals surface area contributed by atoms with Crippen molar-refractivity contribution in [2.45, 2.75) is 50.5 Å². The zero-order valence-electron chi connectivity index (χ0n) is 17.5. The normalized spacial score (nSPS) is 23.3. The highest BCUT2D eigenvalue weighted by Crippen LogP contribution is 2.26. The first-order valence-corrected chi connectivity index (χ1v) is 10.9. The Bertz CT molecular complexity index is 890. The van der Waals surface area contributed by atoms with Crippen LogP contribution in [0.3, 0.4) is 0 Å². The zero-order valence-corrected chi connectivity index (χ0v) is 17.5. The number of piperazine rings is 1. The standard InChI is InChI=1S/C24H29FN4O2/c25-19-8-6-18(7-9-19)14-27-23(30)11-10-21-15-28-24(31)22-12-20(16-29(21)22)26-13-17-4-2-1-3-5-17/h1-9,20-22,26H,10-16H2,(H,27,30)(H,28,31)/t20-,21+,22-/m0/s1. The van der Waals surface area contributed by atoms with E-state index in [0.29, 0.717) is 25.9 Å². The highest BCUT2D eigenvalue weighted by atomic mass is 19.1. The lowest BCUT2D eigenvalue weighted by atomic mass is 10.0. The van der Waals surface area contributed by atoms with Gasteiger partial charge >= 0.3 is 0 Å². The number of carbonyl (C=O) groups excluding carboxylic acids is 2. The summed E-state index contributed by atoms with van der Waals surface area (Å²) in [6, 6.07) is 16.6. The van der Waals surface area contributed by atoms with Crippen LogP contribution in [0.5, 0.6) is 0 Å². The first kappa shape index (κ1) is 21.5. The Kier molecular flexibility index (Phi) is 6.94. The molecule has 7 heteroatoms. The molecule has 3 atom stereocenters. The fourth-order valence-electron chi connectivity index (χ4n) is 4.44. The van der Waals surface area contributed by atoms with E-state index >= 15 is 0 Å². The molecule has 31 heavy (non-hydrogen) atoms. The zero-order chi connectivity index (χ0) is 21.6. The highest BCUT2D eigenvalue weighted by molar-refractivity contribution is 5.83. The van der Waals surface area contributed by atoms with E-state index in [1.54, 1.807) is 12.1 Å². The molecule has 2 fully saturated rings. The first-order valence-electron chi connectivity index (χ1n) is 10.9. The summed E-state index contributed by atoms with van der Waals surface area (Å²) in [6.07, 6.45) is 1.87. The fraction of sp³-hybridized carbons (Fsp3) is 0.417. The van der Waals surface area contributed by atoms with Crippen LogP contribution in [-0.4, -0.2) is 47.9 Å². The topological polar surface area (TPSA) is 73.5 Å². The van der Waals surface area contributed by atoms with Gasteiger partial charge in [0.1, 0.15) is 5.82 Å². The Morgan fingerprint density at radius 1 is 1.06 bits per heavy atom. The molecular weight excluding hydrogens is 395 g/mol. The number of benzene rings is 2. The van der Waals surface area contributed by atoms with E-state index in [1.807, 2.05) is 18.2 Å². The molecule has 0 saturated carbocycles. The number of halogens is 1. The number of nitrogens with one attached hydrogen (secondary N) is 3. The summed E-state index contributed by atoms with van der Waals surface area (Å²) in [7, 11) is 0. The molecule has 2 amide bonds. The van der Waals surface area contributed by atoms with Gasteiger partial charge in [0.05, 0.1) is 6.04 Å². The van der Waals surface area contributed by atoms with Crippen molar-refractivity contribution in [1.82, 2.24) is 20.9 Å². The Labute approximate surface area is 182 Å². The van der Waals surface area contributed by atoms with Crippen molar-refractivity contribution >= 4 is 11.8 Å². The van der Waals surface area contributed by atoms with E-state index in [0.717, 1.165) is 25.1 Å². The van der Waals surface area contributed by atoms with Gasteiger partial charge in [-0.2, -0.15) is 0 Å². The molecule has 3 N–H and O–H groups in total. The second-order valence-corrected chi connectivity index (χ2v) is 8.35. The molecule has 2 aromatic carbocycles. The monoisotopic (exact) mass is 424 g/mol. The highest BCUT2D eigenvalue weighted by Gasteiger charge is 2.43. The third kappa shape index (κ3) is 5.68. The predicted molar refractivity (Wildman–Crippen MR) is 116 cm³/mol. The van der Waals surface area contributed by atoms with Crippen molar-refractivity contribution in [1.29, 1.82) is 0 Å². The van der Waals surface area contributed by atoms with Crippen LogP contribution >= 0.6 is 0 Å². The van der Waals surface area contributed by atoms with Crippen LogP contribution in [0.25, 0.3) is 0 Å². The number of hydrogen-bond donors (Lipinski definition) is 3. The van der Waals surface area contributed by atoms with Gasteiger partial charge in [0, 0.05) is 44.7 Å². The minimum atomic E-state index is -0.286. The van der Waals surface area contributed by atoms with E-state index in [1.165, 1.54) is 17.7 Å². The van der Waals surface area contributed by atoms with E-state index in [2.05, 4.69) is 33.0 Å². The molecule has 2 aromatic rings. The summed E-state index contributed by atoms with van der Waals surface area (Å²) in [4.78, 5) is 26.9. The number of rotatable bonds is 8. The van der Waals surface area contributed by atoms with Crippen molar-refractivity contribution in [2.75, 3.05) is 13.1 Å². The van der Waals surface area contributed by atoms with Crippen LogP contribution < -0.4 is 16.0 Å². The third-order valence-corrected chi connectivity index (χ3v) is 6.17. The van der Waals surface area contributed by atoms with Crippen LogP contribution in [0.2, 0.25) is 0 Å². The number of amides is 2. The average molecular weight is 425 g/mol. The lowest BCUT2D eigenvalue weighted by Gasteiger charge is -2.37. The molecule has 6 nitrogen and oxygen atoms in total. The van der Waals surface area contributed by atoms with Crippen LogP contribution in [0, 0.1) is 5.82 Å². The van der Waals surface area contributed by atoms with Crippen molar-refractivity contribution < 1.29 is 14.0 Å². The van der Waals surface area contributed by atoms with Gasteiger partial charge in [-0.1, -0.05) is 42.5 Å². The predicted octanol–water partition coefficient (Wildman–Crippen LogP) is 1.95. The molecule has 0 aliphatic carbocycles. The van der Waals surface area contributed by atoms with E-state index in [-0.39, 0.29) is 35.8 Å². The fourth-order valence-corrected chi connectivity index (χ4v) is 4.44. The van der Waals surface area contributed by atoms with Crippen LogP contribution in [0.15, 0.2) is 54.6 Å². The summed E-state index contributed by atoms with van der Waals surface area (Å²) in [6.45, 7) is 2.56. The Morgan fingerprint density at radius 2 is 1.81 bits per heavy atom. The summed E-state index contributed by atoms with van der Waals surface area (Å²) in [5.74, 6) is -0.233. The van der Waals surface area contributed by atoms with E-state index in [9.17, 15) is 14.0 Å². The number of carbonyl (C=O) groups is 2. The van der Waals surface area contributed by atoms with Crippen molar-refractivity contribution in [3.05, 3.63) is 71.5 Å². The van der Waals surface area contributed by atoms with Crippen LogP contribution in [0.4, 0.5) is 4.39 Å². The molecule has 2 aliphatic rings. The minimum absolute atomic E-state index is 0.0317. The second-order valence-electron chi connectivity index (χ2n) is 8.35. The maximum absolute atomic E-state index is 13.0. The van der Waals surface area contributed by atoms with Gasteiger partial charge in [-0.05, 0) is 36.1 Å². The van der Waals surface area contributed by atoms with Gasteiger partial charge in [-0.25, -0.2) is 4.39 Å². The number of fused-ring (bicyclic) bond motifs is 1. The van der Waals surface area contributed by atoms with Crippen LogP contribution in [0.1, 0.15) is 30.4 Å². The molecule has 4 rings (SSSR count). The van der Waals surface area contributed by atoms with E-state index in [4.69, 9.17) is 0 Å². The quantitative estimate of drug-likeness (QED) is 0.606. The lowest BCUT2D eigenvalue weighted by Crippen LogP contribution is -2.58. The molecule has 0 radical (unpaired) electrons. The summed E-state index contributed by atoms with van der Waals surface area (Å²) in [5, 5.41) is 9.48. The number of hydrogen-bond acceptors (Lipinski definition) is 4. The molecular formula is C24H29FN4O2. The van der Waals surface area contributed by atoms with Crippen molar-refractivity contribution in [3.63, 3.8) is 0 Å². The molecule has 2 aliphatic heterocycles. The third-order valence-electron chi connectivity index (χ3n) is 6.17. The van der Waals surface area contributed by atoms with Gasteiger partial charge in [0.2, 0.25) is 11.8 Å². The van der Waals surface area contributed by atoms with Gasteiger partial charge in [0.25, 0.3) is 0 Å². The maximum Gasteiger partial charge on any atom is 0.237 e. The molecule has 0 spiro atoms.